The van der Waals surface area contributed by atoms with Gasteiger partial charge in [0.1, 0.15) is 0 Å². The first-order chi connectivity index (χ1) is 15.3. The van der Waals surface area contributed by atoms with Gasteiger partial charge in [-0.05, 0) is 56.7 Å². The third kappa shape index (κ3) is 8.24. The Labute approximate surface area is 234 Å². The Bertz CT molecular complexity index is 1110. The molecule has 0 aliphatic rings. The van der Waals surface area contributed by atoms with Gasteiger partial charge in [-0.25, -0.2) is 0 Å². The number of halogens is 4. The number of nitrogens with zero attached hydrogens (tertiary/aromatic N) is 3. The molecular weight excluding hydrogens is 522 g/mol. The number of aromatic nitrogens is 2. The number of nitrogens with one attached hydrogen (secondary N) is 1. The number of pyridine rings is 1. The molecule has 2 heterocycles. The van der Waals surface area contributed by atoms with Crippen LogP contribution < -0.4 is 5.32 Å². The molecule has 0 aliphatic heterocycles. The molecule has 8 heteroatoms. The molecule has 1 N–H and O–H groups in total. The largest absolute Gasteiger partial charge is 0.334 e. The van der Waals surface area contributed by atoms with E-state index in [0.29, 0.717) is 0 Å². The highest BCUT2D eigenvalue weighted by atomic mass is 35.5. The summed E-state index contributed by atoms with van der Waals surface area (Å²) in [5.74, 6) is 0. The summed E-state index contributed by atoms with van der Waals surface area (Å²) >= 11 is 0. The zero-order valence-electron chi connectivity index (χ0n) is 20.5. The van der Waals surface area contributed by atoms with Crippen molar-refractivity contribution < 1.29 is 0 Å². The molecule has 0 amide bonds. The van der Waals surface area contributed by atoms with E-state index >= 15 is 0 Å². The van der Waals surface area contributed by atoms with E-state index in [-0.39, 0.29) is 49.6 Å². The molecule has 2 aromatic carbocycles. The number of para-hydroxylation sites is 1. The number of benzene rings is 2. The molecule has 194 valence electrons. The van der Waals surface area contributed by atoms with Gasteiger partial charge in [0, 0.05) is 35.6 Å². The maximum atomic E-state index is 4.79. The molecule has 4 nitrogen and oxygen atoms in total. The molecule has 4 rings (SSSR count). The van der Waals surface area contributed by atoms with Crippen molar-refractivity contribution in [2.45, 2.75) is 39.8 Å². The van der Waals surface area contributed by atoms with E-state index < -0.39 is 0 Å². The van der Waals surface area contributed by atoms with Gasteiger partial charge in [0.2, 0.25) is 0 Å². The lowest BCUT2D eigenvalue weighted by atomic mass is 10.1. The third-order valence-corrected chi connectivity index (χ3v) is 6.20. The molecule has 0 atom stereocenters. The van der Waals surface area contributed by atoms with Crippen LogP contribution in [0.1, 0.15) is 37.9 Å². The SMILES string of the molecule is CCN(CC)CCCCNCc1nccc2c3ccccc3n(Cc3ccccc3)c12.Cl.Cl.Cl.Cl. The standard InChI is InChI=1S/C27H34N4.4ClH/c1-3-30(4-2)19-11-10-17-28-20-25-27-24(16-18-29-25)23-14-8-9-15-26(23)31(27)21-22-12-6-5-7-13-22;;;;/h5-9,12-16,18,28H,3-4,10-11,17,19-21H2,1-2H3;4*1H. The van der Waals surface area contributed by atoms with Crippen LogP contribution in [-0.4, -0.2) is 40.6 Å². The van der Waals surface area contributed by atoms with Gasteiger partial charge >= 0.3 is 0 Å². The Hall–Kier alpha value is -1.53. The summed E-state index contributed by atoms with van der Waals surface area (Å²) in [5.41, 5.74) is 4.97. The minimum atomic E-state index is 0. The van der Waals surface area contributed by atoms with Gasteiger partial charge in [-0.2, -0.15) is 0 Å². The van der Waals surface area contributed by atoms with Gasteiger partial charge in [-0.1, -0.05) is 62.4 Å². The monoisotopic (exact) mass is 558 g/mol. The minimum absolute atomic E-state index is 0. The number of hydrogen-bond acceptors (Lipinski definition) is 3. The van der Waals surface area contributed by atoms with Crippen molar-refractivity contribution in [2.75, 3.05) is 26.2 Å². The minimum Gasteiger partial charge on any atom is -0.334 e. The second-order valence-electron chi connectivity index (χ2n) is 8.15. The fourth-order valence-electron chi connectivity index (χ4n) is 4.46. The zero-order chi connectivity index (χ0) is 21.5. The van der Waals surface area contributed by atoms with Gasteiger partial charge in [-0.15, -0.1) is 49.6 Å². The molecule has 2 aromatic heterocycles. The Morgan fingerprint density at radius 3 is 2.20 bits per heavy atom. The first-order valence-corrected chi connectivity index (χ1v) is 11.6. The third-order valence-electron chi connectivity index (χ3n) is 6.20. The summed E-state index contributed by atoms with van der Waals surface area (Å²) < 4.78 is 2.43. The molecule has 35 heavy (non-hydrogen) atoms. The van der Waals surface area contributed by atoms with E-state index in [1.54, 1.807) is 0 Å². The summed E-state index contributed by atoms with van der Waals surface area (Å²) in [4.78, 5) is 7.28. The van der Waals surface area contributed by atoms with Gasteiger partial charge < -0.3 is 14.8 Å². The van der Waals surface area contributed by atoms with E-state index in [9.17, 15) is 0 Å². The lowest BCUT2D eigenvalue weighted by molar-refractivity contribution is 0.296. The van der Waals surface area contributed by atoms with Crippen LogP contribution in [0, 0.1) is 0 Å². The molecule has 0 fully saturated rings. The quantitative estimate of drug-likeness (QED) is 0.198. The maximum Gasteiger partial charge on any atom is 0.0784 e. The Morgan fingerprint density at radius 1 is 0.800 bits per heavy atom. The number of fused-ring (bicyclic) bond motifs is 3. The second-order valence-corrected chi connectivity index (χ2v) is 8.15. The van der Waals surface area contributed by atoms with Crippen molar-refractivity contribution in [3.8, 4) is 0 Å². The van der Waals surface area contributed by atoms with Crippen molar-refractivity contribution in [1.82, 2.24) is 19.8 Å². The van der Waals surface area contributed by atoms with Crippen LogP contribution in [0.2, 0.25) is 0 Å². The smallest absolute Gasteiger partial charge is 0.0784 e. The highest BCUT2D eigenvalue weighted by Crippen LogP contribution is 2.31. The molecule has 4 aromatic rings. The first kappa shape index (κ1) is 33.5. The van der Waals surface area contributed by atoms with Crippen molar-refractivity contribution in [3.63, 3.8) is 0 Å². The van der Waals surface area contributed by atoms with E-state index in [1.165, 1.54) is 46.8 Å². The fourth-order valence-corrected chi connectivity index (χ4v) is 4.46. The van der Waals surface area contributed by atoms with Crippen LogP contribution >= 0.6 is 49.6 Å². The highest BCUT2D eigenvalue weighted by Gasteiger charge is 2.14. The average molecular weight is 560 g/mol. The van der Waals surface area contributed by atoms with Gasteiger partial charge in [0.05, 0.1) is 11.2 Å². The summed E-state index contributed by atoms with van der Waals surface area (Å²) in [6.07, 6.45) is 4.39. The molecule has 0 saturated heterocycles. The second kappa shape index (κ2) is 17.0. The van der Waals surface area contributed by atoms with Gasteiger partial charge in [0.15, 0.2) is 0 Å². The van der Waals surface area contributed by atoms with Crippen LogP contribution in [0.3, 0.4) is 0 Å². The topological polar surface area (TPSA) is 33.1 Å². The Kier molecular flexibility index (Phi) is 16.3. The van der Waals surface area contributed by atoms with Crippen molar-refractivity contribution in [2.24, 2.45) is 0 Å². The van der Waals surface area contributed by atoms with Crippen molar-refractivity contribution in [3.05, 3.63) is 78.1 Å². The molecule has 0 bridgehead atoms. The van der Waals surface area contributed by atoms with Crippen molar-refractivity contribution >= 4 is 71.4 Å². The first-order valence-electron chi connectivity index (χ1n) is 11.6. The summed E-state index contributed by atoms with van der Waals surface area (Å²) in [5, 5.41) is 6.24. The van der Waals surface area contributed by atoms with E-state index in [0.717, 1.165) is 38.4 Å². The normalized spacial score (nSPS) is 10.4. The maximum absolute atomic E-state index is 4.79. The van der Waals surface area contributed by atoms with Crippen LogP contribution in [0.25, 0.3) is 21.8 Å². The molecule has 0 aliphatic carbocycles. The predicted octanol–water partition coefficient (Wildman–Crippen LogP) is 7.14. The molecule has 0 spiro atoms. The van der Waals surface area contributed by atoms with Crippen LogP contribution in [0.5, 0.6) is 0 Å². The number of hydrogen-bond donors (Lipinski definition) is 1. The van der Waals surface area contributed by atoms with Crippen LogP contribution in [0.15, 0.2) is 66.9 Å². The summed E-state index contributed by atoms with van der Waals surface area (Å²) in [6.45, 7) is 10.6. The highest BCUT2D eigenvalue weighted by molar-refractivity contribution is 6.08. The van der Waals surface area contributed by atoms with E-state index in [4.69, 9.17) is 4.98 Å². The molecule has 0 saturated carbocycles. The molecular formula is C27H38Cl4N4. The lowest BCUT2D eigenvalue weighted by Crippen LogP contribution is -2.25. The van der Waals surface area contributed by atoms with Gasteiger partial charge in [0.25, 0.3) is 0 Å². The van der Waals surface area contributed by atoms with Crippen molar-refractivity contribution in [1.29, 1.82) is 0 Å². The Morgan fingerprint density at radius 2 is 1.49 bits per heavy atom. The Balaban J connectivity index is 0.00000289. The van der Waals surface area contributed by atoms with Crippen LogP contribution in [0.4, 0.5) is 0 Å². The predicted molar refractivity (Wildman–Crippen MR) is 161 cm³/mol. The average Bonchev–Trinajstić information content (AvgIpc) is 3.14. The zero-order valence-corrected chi connectivity index (χ0v) is 23.7. The fraction of sp³-hybridized carbons (Fsp3) is 0.370. The van der Waals surface area contributed by atoms with E-state index in [1.807, 2.05) is 6.20 Å². The summed E-state index contributed by atoms with van der Waals surface area (Å²) in [6, 6.07) is 21.6. The molecule has 0 radical (unpaired) electrons. The lowest BCUT2D eigenvalue weighted by Gasteiger charge is -2.17. The van der Waals surface area contributed by atoms with E-state index in [2.05, 4.69) is 89.3 Å². The number of rotatable bonds is 11. The summed E-state index contributed by atoms with van der Waals surface area (Å²) in [7, 11) is 0. The van der Waals surface area contributed by atoms with Crippen LogP contribution in [-0.2, 0) is 13.1 Å². The van der Waals surface area contributed by atoms with Gasteiger partial charge in [-0.3, -0.25) is 4.98 Å². The molecule has 0 unspecified atom stereocenters. The number of unbranched alkanes of at least 4 members (excludes halogenated alkanes) is 1.